The molecule has 1 fully saturated rings. The Morgan fingerprint density at radius 1 is 0.561 bits per heavy atom. The van der Waals surface area contributed by atoms with Gasteiger partial charge in [0.1, 0.15) is 8.07 Å². The van der Waals surface area contributed by atoms with Gasteiger partial charge in [0.15, 0.2) is 0 Å². The van der Waals surface area contributed by atoms with E-state index in [0.717, 1.165) is 11.7 Å². The molecule has 2 nitrogen and oxygen atoms in total. The summed E-state index contributed by atoms with van der Waals surface area (Å²) in [6.45, 7) is 0.309. The van der Waals surface area contributed by atoms with E-state index in [1.807, 2.05) is 12.5 Å². The Balaban J connectivity index is 0.000000149. The van der Waals surface area contributed by atoms with Gasteiger partial charge in [-0.05, 0) is 5.54 Å². The topological polar surface area (TPSA) is 17.8 Å². The van der Waals surface area contributed by atoms with Crippen LogP contribution in [0.5, 0.6) is 0 Å². The highest BCUT2D eigenvalue weighted by Crippen LogP contribution is 2.45. The zero-order valence-electron chi connectivity index (χ0n) is 23.3. The number of aromatic nitrogens is 2. The first kappa shape index (κ1) is 26.8. The maximum Gasteiger partial charge on any atom is 0.241 e. The summed E-state index contributed by atoms with van der Waals surface area (Å²) in [5, 5.41) is 3.11. The van der Waals surface area contributed by atoms with Gasteiger partial charge in [0.25, 0.3) is 0 Å². The zero-order valence-corrected chi connectivity index (χ0v) is 24.3. The average Bonchev–Trinajstić information content (AvgIpc) is 3.79. The zero-order chi connectivity index (χ0) is 27.7. The van der Waals surface area contributed by atoms with Crippen molar-refractivity contribution in [2.24, 2.45) is 0 Å². The molecule has 7 rings (SSSR count). The molecule has 0 N–H and O–H groups in total. The summed E-state index contributed by atoms with van der Waals surface area (Å²) in [7, 11) is -1.80. The Hall–Kier alpha value is -4.41. The minimum atomic E-state index is -1.80. The third-order valence-corrected chi connectivity index (χ3v) is 13.8. The van der Waals surface area contributed by atoms with Crippen molar-refractivity contribution >= 4 is 41.5 Å². The second kappa shape index (κ2) is 12.8. The van der Waals surface area contributed by atoms with Crippen molar-refractivity contribution < 1.29 is 0 Å². The lowest BCUT2D eigenvalue weighted by molar-refractivity contribution is 0.849. The van der Waals surface area contributed by atoms with E-state index in [9.17, 15) is 0 Å². The quantitative estimate of drug-likeness (QED) is 0.244. The normalized spacial score (nSPS) is 12.7. The van der Waals surface area contributed by atoms with Crippen LogP contribution >= 0.6 is 0 Å². The molecule has 0 spiro atoms. The van der Waals surface area contributed by atoms with Crippen LogP contribution in [0.2, 0.25) is 5.54 Å². The molecule has 0 amide bonds. The molecule has 1 saturated carbocycles. The van der Waals surface area contributed by atoms with E-state index in [2.05, 4.69) is 167 Å². The molecule has 1 aliphatic carbocycles. The van der Waals surface area contributed by atoms with Crippen molar-refractivity contribution in [3.05, 3.63) is 170 Å². The number of rotatable bonds is 8. The molecular weight excluding hydrogens is 511 g/mol. The highest BCUT2D eigenvalue weighted by molar-refractivity contribution is 7.03. The Morgan fingerprint density at radius 3 is 1.29 bits per heavy atom. The monoisotopic (exact) mass is 546 g/mol. The summed E-state index contributed by atoms with van der Waals surface area (Å²) in [6.07, 6.45) is 9.79. The first-order valence-electron chi connectivity index (χ1n) is 14.6. The van der Waals surface area contributed by atoms with Crippen molar-refractivity contribution in [2.45, 2.75) is 24.6 Å². The predicted octanol–water partition coefficient (Wildman–Crippen LogP) is 5.05. The molecule has 0 atom stereocenters. The van der Waals surface area contributed by atoms with E-state index in [-0.39, 0.29) is 0 Å². The SMILES string of the molecule is c1ccc(B(c2ccccc2)c2ccccc2)cc1.c1ccc([Si](Cn2ccnc2)(c2ccccc2)C2CC2)cc1. The molecule has 0 aliphatic heterocycles. The minimum absolute atomic E-state index is 0.309. The van der Waals surface area contributed by atoms with Crippen LogP contribution in [-0.4, -0.2) is 24.3 Å². The summed E-state index contributed by atoms with van der Waals surface area (Å²) in [4.78, 5) is 4.26. The van der Waals surface area contributed by atoms with E-state index >= 15 is 0 Å². The van der Waals surface area contributed by atoms with Crippen LogP contribution in [0.25, 0.3) is 0 Å². The lowest BCUT2D eigenvalue weighted by Crippen LogP contribution is -2.62. The van der Waals surface area contributed by atoms with E-state index in [1.54, 1.807) is 10.4 Å². The van der Waals surface area contributed by atoms with Gasteiger partial charge in [-0.3, -0.25) is 0 Å². The molecule has 4 heteroatoms. The molecule has 0 bridgehead atoms. The second-order valence-electron chi connectivity index (χ2n) is 10.9. The molecule has 0 unspecified atom stereocenters. The van der Waals surface area contributed by atoms with Gasteiger partial charge in [-0.25, -0.2) is 4.98 Å². The lowest BCUT2D eigenvalue weighted by atomic mass is 9.37. The Bertz CT molecular complexity index is 1460. The highest BCUT2D eigenvalue weighted by atomic mass is 28.3. The van der Waals surface area contributed by atoms with Crippen LogP contribution in [0, 0.1) is 0 Å². The summed E-state index contributed by atoms with van der Waals surface area (Å²) in [5.41, 5.74) is 4.85. The predicted molar refractivity (Wildman–Crippen MR) is 177 cm³/mol. The first-order valence-corrected chi connectivity index (χ1v) is 16.8. The van der Waals surface area contributed by atoms with Crippen molar-refractivity contribution in [3.63, 3.8) is 0 Å². The van der Waals surface area contributed by atoms with Crippen molar-refractivity contribution in [3.8, 4) is 0 Å². The fourth-order valence-electron chi connectivity index (χ4n) is 6.18. The van der Waals surface area contributed by atoms with Gasteiger partial charge in [-0.1, -0.05) is 191 Å². The van der Waals surface area contributed by atoms with Crippen molar-refractivity contribution in [2.75, 3.05) is 0 Å². The number of hydrogen-bond donors (Lipinski definition) is 0. The Morgan fingerprint density at radius 2 is 0.951 bits per heavy atom. The molecule has 0 saturated heterocycles. The smallest absolute Gasteiger partial charge is 0.241 e. The molecule has 5 aromatic carbocycles. The number of benzene rings is 5. The Kier molecular flexibility index (Phi) is 8.39. The van der Waals surface area contributed by atoms with Gasteiger partial charge in [0, 0.05) is 18.6 Å². The molecular formula is C37H35BN2Si. The summed E-state index contributed by atoms with van der Waals surface area (Å²) in [6, 6.07) is 54.4. The van der Waals surface area contributed by atoms with Crippen LogP contribution in [-0.2, 0) is 6.17 Å². The van der Waals surface area contributed by atoms with Crippen molar-refractivity contribution in [1.29, 1.82) is 0 Å². The highest BCUT2D eigenvalue weighted by Gasteiger charge is 2.50. The maximum absolute atomic E-state index is 4.26. The van der Waals surface area contributed by atoms with Crippen LogP contribution in [0.3, 0.4) is 0 Å². The first-order chi connectivity index (χ1) is 20.3. The summed E-state index contributed by atoms with van der Waals surface area (Å²) in [5.74, 6) is 0. The molecule has 1 aromatic heterocycles. The molecule has 0 radical (unpaired) electrons. The third-order valence-electron chi connectivity index (χ3n) is 8.24. The standard InChI is InChI=1S/C19H20N2Si.C18H15B/c1-3-7-17(8-4-1)22(19-11-12-19,16-21-14-13-20-15-21)18-9-5-2-6-10-18;1-4-10-16(11-5-1)19(17-12-6-2-7-13-17)18-14-8-3-9-15-18/h1-10,13-15,19H,11-12,16H2;1-15H. The molecule has 41 heavy (non-hydrogen) atoms. The van der Waals surface area contributed by atoms with Gasteiger partial charge in [-0.15, -0.1) is 0 Å². The average molecular weight is 547 g/mol. The van der Waals surface area contributed by atoms with Crippen LogP contribution in [0.15, 0.2) is 170 Å². The second-order valence-corrected chi connectivity index (χ2v) is 15.1. The Labute approximate surface area is 245 Å². The van der Waals surface area contributed by atoms with Gasteiger partial charge in [0.05, 0.1) is 6.33 Å². The number of nitrogens with zero attached hydrogens (tertiary/aromatic N) is 2. The maximum atomic E-state index is 4.26. The molecule has 6 aromatic rings. The van der Waals surface area contributed by atoms with Gasteiger partial charge in [0.2, 0.25) is 6.71 Å². The number of hydrogen-bond acceptors (Lipinski definition) is 1. The molecule has 1 heterocycles. The van der Waals surface area contributed by atoms with E-state index in [4.69, 9.17) is 0 Å². The number of imidazole rings is 1. The van der Waals surface area contributed by atoms with Crippen LogP contribution < -0.4 is 26.8 Å². The van der Waals surface area contributed by atoms with Crippen molar-refractivity contribution in [1.82, 2.24) is 9.55 Å². The van der Waals surface area contributed by atoms with Gasteiger partial charge < -0.3 is 4.57 Å². The molecule has 200 valence electrons. The van der Waals surface area contributed by atoms with Crippen LogP contribution in [0.4, 0.5) is 0 Å². The fourth-order valence-corrected chi connectivity index (χ4v) is 11.6. The van der Waals surface area contributed by atoms with E-state index in [0.29, 0.717) is 6.71 Å². The van der Waals surface area contributed by atoms with E-state index in [1.165, 1.54) is 29.2 Å². The molecule has 1 aliphatic rings. The van der Waals surface area contributed by atoms with Crippen LogP contribution in [0.1, 0.15) is 12.8 Å². The summed E-state index contributed by atoms with van der Waals surface area (Å²) < 4.78 is 2.28. The van der Waals surface area contributed by atoms with Gasteiger partial charge >= 0.3 is 0 Å². The van der Waals surface area contributed by atoms with E-state index < -0.39 is 8.07 Å². The third kappa shape index (κ3) is 6.18. The minimum Gasteiger partial charge on any atom is -0.340 e. The van der Waals surface area contributed by atoms with Gasteiger partial charge in [-0.2, -0.15) is 0 Å². The summed E-state index contributed by atoms with van der Waals surface area (Å²) >= 11 is 0. The largest absolute Gasteiger partial charge is 0.340 e. The fraction of sp³-hybridized carbons (Fsp3) is 0.108. The lowest BCUT2D eigenvalue weighted by Gasteiger charge is -2.33.